The summed E-state index contributed by atoms with van der Waals surface area (Å²) in [5.74, 6) is 0. The second-order valence-corrected chi connectivity index (χ2v) is 3.40. The van der Waals surface area contributed by atoms with Gasteiger partial charge in [0.1, 0.15) is 0 Å². The zero-order chi connectivity index (χ0) is 8.10. The Labute approximate surface area is 92.7 Å². The fourth-order valence-corrected chi connectivity index (χ4v) is 1.47. The van der Waals surface area contributed by atoms with E-state index in [9.17, 15) is 0 Å². The van der Waals surface area contributed by atoms with Crippen molar-refractivity contribution >= 4 is 24.0 Å². The summed E-state index contributed by atoms with van der Waals surface area (Å²) in [6, 6.07) is 0. The van der Waals surface area contributed by atoms with E-state index in [4.69, 9.17) is 4.74 Å². The van der Waals surface area contributed by atoms with Crippen LogP contribution in [-0.2, 0) is 4.74 Å². The first kappa shape index (κ1) is 12.7. The maximum absolute atomic E-state index is 5.61. The molecule has 1 fully saturated rings. The Morgan fingerprint density at radius 3 is 2.83 bits per heavy atom. The van der Waals surface area contributed by atoms with Crippen molar-refractivity contribution in [3.63, 3.8) is 0 Å². The van der Waals surface area contributed by atoms with E-state index in [-0.39, 0.29) is 24.0 Å². The fourth-order valence-electron chi connectivity index (χ4n) is 1.47. The topological polar surface area (TPSA) is 12.5 Å². The molecule has 0 spiro atoms. The third-order valence-electron chi connectivity index (χ3n) is 2.22. The summed E-state index contributed by atoms with van der Waals surface area (Å²) in [6.07, 6.45) is 4.33. The second-order valence-electron chi connectivity index (χ2n) is 3.40. The summed E-state index contributed by atoms with van der Waals surface area (Å²) >= 11 is 0. The Morgan fingerprint density at radius 1 is 1.50 bits per heavy atom. The Bertz CT molecular complexity index is 111. The molecule has 1 unspecified atom stereocenters. The van der Waals surface area contributed by atoms with Gasteiger partial charge in [0.2, 0.25) is 0 Å². The second kappa shape index (κ2) is 7.09. The monoisotopic (exact) mass is 285 g/mol. The van der Waals surface area contributed by atoms with Gasteiger partial charge < -0.3 is 9.64 Å². The molecule has 1 saturated heterocycles. The number of halogens is 1. The standard InChI is InChI=1S/C9H19NO.HI/c1-3-4-5-9-8-10(2)6-7-11-9;/h9H,3-8H2,1-2H3;1H. The summed E-state index contributed by atoms with van der Waals surface area (Å²) in [5.41, 5.74) is 0. The first-order valence-electron chi connectivity index (χ1n) is 4.63. The molecular formula is C9H20INO. The molecule has 0 saturated carbocycles. The van der Waals surface area contributed by atoms with Crippen molar-refractivity contribution in [3.05, 3.63) is 0 Å². The van der Waals surface area contributed by atoms with Crippen LogP contribution in [0.15, 0.2) is 0 Å². The van der Waals surface area contributed by atoms with Gasteiger partial charge in [0, 0.05) is 13.1 Å². The van der Waals surface area contributed by atoms with E-state index < -0.39 is 0 Å². The number of hydrogen-bond donors (Lipinski definition) is 0. The molecule has 0 aromatic rings. The fraction of sp³-hybridized carbons (Fsp3) is 1.00. The Balaban J connectivity index is 0.00000121. The van der Waals surface area contributed by atoms with Gasteiger partial charge in [0.15, 0.2) is 0 Å². The molecule has 0 aromatic heterocycles. The van der Waals surface area contributed by atoms with Gasteiger partial charge in [-0.1, -0.05) is 19.8 Å². The Kier molecular flexibility index (Phi) is 7.48. The van der Waals surface area contributed by atoms with Gasteiger partial charge in [-0.2, -0.15) is 0 Å². The van der Waals surface area contributed by atoms with Crippen molar-refractivity contribution in [2.75, 3.05) is 26.7 Å². The predicted octanol–water partition coefficient (Wildman–Crippen LogP) is 2.13. The number of unbranched alkanes of at least 4 members (excludes halogenated alkanes) is 1. The Hall–Kier alpha value is 0.650. The highest BCUT2D eigenvalue weighted by molar-refractivity contribution is 14.0. The molecule has 1 aliphatic rings. The highest BCUT2D eigenvalue weighted by atomic mass is 127. The first-order valence-corrected chi connectivity index (χ1v) is 4.63. The summed E-state index contributed by atoms with van der Waals surface area (Å²) < 4.78 is 5.61. The summed E-state index contributed by atoms with van der Waals surface area (Å²) in [6.45, 7) is 5.38. The molecule has 1 aliphatic heterocycles. The third-order valence-corrected chi connectivity index (χ3v) is 2.22. The van der Waals surface area contributed by atoms with Gasteiger partial charge in [-0.25, -0.2) is 0 Å². The van der Waals surface area contributed by atoms with Crippen LogP contribution in [0.5, 0.6) is 0 Å². The molecule has 1 rings (SSSR count). The van der Waals surface area contributed by atoms with E-state index in [1.54, 1.807) is 0 Å². The van der Waals surface area contributed by atoms with E-state index in [1.165, 1.54) is 19.3 Å². The molecule has 0 aromatic carbocycles. The average Bonchev–Trinajstić information content (AvgIpc) is 2.01. The van der Waals surface area contributed by atoms with Crippen molar-refractivity contribution < 1.29 is 4.74 Å². The van der Waals surface area contributed by atoms with E-state index in [1.807, 2.05) is 0 Å². The molecule has 1 heterocycles. The molecule has 1 atom stereocenters. The molecule has 12 heavy (non-hydrogen) atoms. The van der Waals surface area contributed by atoms with E-state index in [0.717, 1.165) is 19.7 Å². The highest BCUT2D eigenvalue weighted by Crippen LogP contribution is 2.09. The smallest absolute Gasteiger partial charge is 0.0702 e. The average molecular weight is 285 g/mol. The van der Waals surface area contributed by atoms with Gasteiger partial charge in [0.25, 0.3) is 0 Å². The van der Waals surface area contributed by atoms with Crippen molar-refractivity contribution in [1.29, 1.82) is 0 Å². The van der Waals surface area contributed by atoms with Crippen molar-refractivity contribution in [2.45, 2.75) is 32.3 Å². The van der Waals surface area contributed by atoms with Crippen LogP contribution in [0, 0.1) is 0 Å². The summed E-state index contributed by atoms with van der Waals surface area (Å²) in [4.78, 5) is 2.35. The van der Waals surface area contributed by atoms with Crippen LogP contribution in [0.25, 0.3) is 0 Å². The lowest BCUT2D eigenvalue weighted by molar-refractivity contribution is -0.0240. The normalized spacial score (nSPS) is 25.0. The minimum atomic E-state index is 0. The summed E-state index contributed by atoms with van der Waals surface area (Å²) in [7, 11) is 2.17. The van der Waals surface area contributed by atoms with Crippen LogP contribution >= 0.6 is 24.0 Å². The van der Waals surface area contributed by atoms with Crippen LogP contribution < -0.4 is 0 Å². The lowest BCUT2D eigenvalue weighted by Crippen LogP contribution is -2.39. The van der Waals surface area contributed by atoms with Gasteiger partial charge in [-0.15, -0.1) is 24.0 Å². The molecule has 74 valence electrons. The van der Waals surface area contributed by atoms with E-state index in [0.29, 0.717) is 6.10 Å². The molecule has 0 aliphatic carbocycles. The maximum Gasteiger partial charge on any atom is 0.0702 e. The van der Waals surface area contributed by atoms with Gasteiger partial charge >= 0.3 is 0 Å². The molecule has 0 amide bonds. The third kappa shape index (κ3) is 4.62. The molecule has 3 heteroatoms. The number of likely N-dealkylation sites (N-methyl/N-ethyl adjacent to an activating group) is 1. The van der Waals surface area contributed by atoms with Crippen molar-refractivity contribution in [3.8, 4) is 0 Å². The van der Waals surface area contributed by atoms with Crippen LogP contribution in [0.4, 0.5) is 0 Å². The Morgan fingerprint density at radius 2 is 2.25 bits per heavy atom. The SMILES string of the molecule is CCCCC1CN(C)CCO1.I. The zero-order valence-electron chi connectivity index (χ0n) is 8.08. The maximum atomic E-state index is 5.61. The molecular weight excluding hydrogens is 265 g/mol. The minimum Gasteiger partial charge on any atom is -0.376 e. The molecule has 2 nitrogen and oxygen atoms in total. The lowest BCUT2D eigenvalue weighted by Gasteiger charge is -2.29. The minimum absolute atomic E-state index is 0. The number of rotatable bonds is 3. The number of hydrogen-bond acceptors (Lipinski definition) is 2. The van der Waals surface area contributed by atoms with Crippen LogP contribution in [0.1, 0.15) is 26.2 Å². The predicted molar refractivity (Wildman–Crippen MR) is 62.2 cm³/mol. The van der Waals surface area contributed by atoms with Gasteiger partial charge in [-0.3, -0.25) is 0 Å². The van der Waals surface area contributed by atoms with Crippen LogP contribution in [0.3, 0.4) is 0 Å². The lowest BCUT2D eigenvalue weighted by atomic mass is 10.1. The number of nitrogens with zero attached hydrogens (tertiary/aromatic N) is 1. The molecule has 0 radical (unpaired) electrons. The largest absolute Gasteiger partial charge is 0.376 e. The first-order chi connectivity index (χ1) is 5.33. The zero-order valence-corrected chi connectivity index (χ0v) is 10.4. The van der Waals surface area contributed by atoms with Crippen molar-refractivity contribution in [2.24, 2.45) is 0 Å². The number of morpholine rings is 1. The van der Waals surface area contributed by atoms with Gasteiger partial charge in [-0.05, 0) is 13.5 Å². The van der Waals surface area contributed by atoms with Crippen LogP contribution in [-0.4, -0.2) is 37.7 Å². The van der Waals surface area contributed by atoms with E-state index >= 15 is 0 Å². The van der Waals surface area contributed by atoms with Gasteiger partial charge in [0.05, 0.1) is 12.7 Å². The van der Waals surface area contributed by atoms with E-state index in [2.05, 4.69) is 18.9 Å². The molecule has 0 bridgehead atoms. The highest BCUT2D eigenvalue weighted by Gasteiger charge is 2.16. The molecule has 0 N–H and O–H groups in total. The van der Waals surface area contributed by atoms with Crippen molar-refractivity contribution in [1.82, 2.24) is 4.90 Å². The van der Waals surface area contributed by atoms with Crippen LogP contribution in [0.2, 0.25) is 0 Å². The number of ether oxygens (including phenoxy) is 1. The quantitative estimate of drug-likeness (QED) is 0.737. The summed E-state index contributed by atoms with van der Waals surface area (Å²) in [5, 5.41) is 0.